The van der Waals surface area contributed by atoms with Gasteiger partial charge in [-0.1, -0.05) is 20.8 Å². The molecule has 66 valence electrons. The van der Waals surface area contributed by atoms with E-state index in [4.69, 9.17) is 4.74 Å². The molecule has 0 aliphatic heterocycles. The van der Waals surface area contributed by atoms with Gasteiger partial charge in [0.2, 0.25) is 0 Å². The van der Waals surface area contributed by atoms with Crippen LogP contribution in [0.15, 0.2) is 0 Å². The fraction of sp³-hybridized carbons (Fsp3) is 0.889. The van der Waals surface area contributed by atoms with Crippen molar-refractivity contribution in [3.05, 3.63) is 0 Å². The molecule has 11 heavy (non-hydrogen) atoms. The minimum absolute atomic E-state index is 0.216. The lowest BCUT2D eigenvalue weighted by Crippen LogP contribution is -2.11. The van der Waals surface area contributed by atoms with Gasteiger partial charge in [0.25, 0.3) is 0 Å². The van der Waals surface area contributed by atoms with Crippen LogP contribution in [0.2, 0.25) is 0 Å². The Morgan fingerprint density at radius 3 is 2.55 bits per heavy atom. The molecule has 0 aromatic heterocycles. The van der Waals surface area contributed by atoms with Crippen LogP contribution < -0.4 is 0 Å². The summed E-state index contributed by atoms with van der Waals surface area (Å²) in [6.45, 7) is 7.11. The van der Waals surface area contributed by atoms with E-state index >= 15 is 0 Å². The number of hydrogen-bond donors (Lipinski definition) is 0. The van der Waals surface area contributed by atoms with E-state index in [9.17, 15) is 4.79 Å². The first-order valence-electron chi connectivity index (χ1n) is 4.26. The predicted molar refractivity (Wildman–Crippen MR) is 45.6 cm³/mol. The summed E-state index contributed by atoms with van der Waals surface area (Å²) >= 11 is 0. The van der Waals surface area contributed by atoms with Crippen LogP contribution in [0.25, 0.3) is 0 Å². The summed E-state index contributed by atoms with van der Waals surface area (Å²) in [5.41, 5.74) is 0. The summed E-state index contributed by atoms with van der Waals surface area (Å²) in [4.78, 5) is 11.0. The SMILES string of the molecule is CCCOCC(=O)CC(C)C. The maximum atomic E-state index is 11.0. The largest absolute Gasteiger partial charge is 0.374 e. The number of Topliss-reactive ketones (excluding diaryl/α,β-unsaturated/α-hetero) is 1. The maximum Gasteiger partial charge on any atom is 0.158 e. The number of carbonyl (C=O) groups is 1. The highest BCUT2D eigenvalue weighted by Gasteiger charge is 2.03. The van der Waals surface area contributed by atoms with Gasteiger partial charge in [0.15, 0.2) is 5.78 Å². The minimum Gasteiger partial charge on any atom is -0.374 e. The van der Waals surface area contributed by atoms with E-state index in [1.54, 1.807) is 0 Å². The van der Waals surface area contributed by atoms with Crippen molar-refractivity contribution in [2.45, 2.75) is 33.6 Å². The van der Waals surface area contributed by atoms with Gasteiger partial charge in [0.1, 0.15) is 6.61 Å². The summed E-state index contributed by atoms with van der Waals surface area (Å²) in [5.74, 6) is 0.668. The summed E-state index contributed by atoms with van der Waals surface area (Å²) < 4.78 is 5.10. The number of ketones is 1. The first kappa shape index (κ1) is 10.6. The van der Waals surface area contributed by atoms with Crippen LogP contribution in [0.3, 0.4) is 0 Å². The van der Waals surface area contributed by atoms with Gasteiger partial charge in [0.05, 0.1) is 0 Å². The highest BCUT2D eigenvalue weighted by atomic mass is 16.5. The normalized spacial score (nSPS) is 10.5. The molecule has 0 heterocycles. The molecule has 0 saturated carbocycles. The van der Waals surface area contributed by atoms with Crippen molar-refractivity contribution in [3.8, 4) is 0 Å². The summed E-state index contributed by atoms with van der Waals surface area (Å²) in [5, 5.41) is 0. The Bertz CT molecular complexity index is 108. The van der Waals surface area contributed by atoms with Gasteiger partial charge in [-0.25, -0.2) is 0 Å². The molecule has 0 fully saturated rings. The van der Waals surface area contributed by atoms with Crippen LogP contribution in [-0.4, -0.2) is 19.0 Å². The van der Waals surface area contributed by atoms with Crippen LogP contribution in [0, 0.1) is 5.92 Å². The monoisotopic (exact) mass is 158 g/mol. The van der Waals surface area contributed by atoms with Crippen LogP contribution in [0.5, 0.6) is 0 Å². The Labute approximate surface area is 68.9 Å². The third kappa shape index (κ3) is 7.53. The number of ether oxygens (including phenoxy) is 1. The molecule has 0 unspecified atom stereocenters. The van der Waals surface area contributed by atoms with E-state index in [1.807, 2.05) is 20.8 Å². The van der Waals surface area contributed by atoms with Crippen molar-refractivity contribution >= 4 is 5.78 Å². The Hall–Kier alpha value is -0.370. The van der Waals surface area contributed by atoms with Crippen molar-refractivity contribution in [1.29, 1.82) is 0 Å². The van der Waals surface area contributed by atoms with Crippen molar-refractivity contribution in [3.63, 3.8) is 0 Å². The molecule has 0 saturated heterocycles. The lowest BCUT2D eigenvalue weighted by Gasteiger charge is -2.03. The van der Waals surface area contributed by atoms with Crippen LogP contribution >= 0.6 is 0 Å². The molecular weight excluding hydrogens is 140 g/mol. The molecule has 0 rings (SSSR count). The average Bonchev–Trinajstić information content (AvgIpc) is 1.86. The molecule has 0 radical (unpaired) electrons. The first-order valence-corrected chi connectivity index (χ1v) is 4.26. The van der Waals surface area contributed by atoms with Gasteiger partial charge < -0.3 is 4.74 Å². The lowest BCUT2D eigenvalue weighted by molar-refractivity contribution is -0.124. The minimum atomic E-state index is 0.216. The zero-order valence-corrected chi connectivity index (χ0v) is 7.72. The third-order valence-electron chi connectivity index (χ3n) is 1.25. The van der Waals surface area contributed by atoms with E-state index in [-0.39, 0.29) is 5.78 Å². The smallest absolute Gasteiger partial charge is 0.158 e. The number of hydrogen-bond acceptors (Lipinski definition) is 2. The number of rotatable bonds is 6. The Morgan fingerprint density at radius 1 is 1.45 bits per heavy atom. The Balaban J connectivity index is 3.23. The summed E-state index contributed by atoms with van der Waals surface area (Å²) in [6, 6.07) is 0. The van der Waals surface area contributed by atoms with E-state index < -0.39 is 0 Å². The highest BCUT2D eigenvalue weighted by molar-refractivity contribution is 5.79. The second kappa shape index (κ2) is 6.35. The molecule has 0 N–H and O–H groups in total. The van der Waals surface area contributed by atoms with Crippen molar-refractivity contribution in [2.24, 2.45) is 5.92 Å². The van der Waals surface area contributed by atoms with Gasteiger partial charge in [-0.15, -0.1) is 0 Å². The Kier molecular flexibility index (Phi) is 6.13. The highest BCUT2D eigenvalue weighted by Crippen LogP contribution is 1.99. The second-order valence-corrected chi connectivity index (χ2v) is 3.19. The molecule has 0 atom stereocenters. The molecule has 0 bridgehead atoms. The standard InChI is InChI=1S/C9H18O2/c1-4-5-11-7-9(10)6-8(2)3/h8H,4-7H2,1-3H3. The Morgan fingerprint density at radius 2 is 2.09 bits per heavy atom. The van der Waals surface area contributed by atoms with E-state index in [1.165, 1.54) is 0 Å². The predicted octanol–water partition coefficient (Wildman–Crippen LogP) is 2.03. The van der Waals surface area contributed by atoms with E-state index in [2.05, 4.69) is 0 Å². The molecule has 2 nitrogen and oxygen atoms in total. The quantitative estimate of drug-likeness (QED) is 0.553. The third-order valence-corrected chi connectivity index (χ3v) is 1.25. The van der Waals surface area contributed by atoms with Crippen LogP contribution in [0.1, 0.15) is 33.6 Å². The summed E-state index contributed by atoms with van der Waals surface area (Å²) in [7, 11) is 0. The molecule has 0 amide bonds. The average molecular weight is 158 g/mol. The molecule has 0 aliphatic rings. The molecule has 0 aliphatic carbocycles. The van der Waals surface area contributed by atoms with Crippen molar-refractivity contribution < 1.29 is 9.53 Å². The molecular formula is C9H18O2. The zero-order chi connectivity index (χ0) is 8.69. The van der Waals surface area contributed by atoms with Crippen LogP contribution in [0.4, 0.5) is 0 Å². The van der Waals surface area contributed by atoms with Gasteiger partial charge in [-0.3, -0.25) is 4.79 Å². The zero-order valence-electron chi connectivity index (χ0n) is 7.72. The molecule has 0 spiro atoms. The molecule has 0 aromatic rings. The van der Waals surface area contributed by atoms with E-state index in [0.717, 1.165) is 6.42 Å². The first-order chi connectivity index (χ1) is 5.16. The van der Waals surface area contributed by atoms with Gasteiger partial charge in [-0.05, 0) is 12.3 Å². The fourth-order valence-electron chi connectivity index (χ4n) is 0.845. The molecule has 2 heteroatoms. The van der Waals surface area contributed by atoms with Crippen LogP contribution in [-0.2, 0) is 9.53 Å². The van der Waals surface area contributed by atoms with Gasteiger partial charge >= 0.3 is 0 Å². The van der Waals surface area contributed by atoms with Gasteiger partial charge in [-0.2, -0.15) is 0 Å². The summed E-state index contributed by atoms with van der Waals surface area (Å²) in [6.07, 6.45) is 1.62. The van der Waals surface area contributed by atoms with Gasteiger partial charge in [0, 0.05) is 13.0 Å². The second-order valence-electron chi connectivity index (χ2n) is 3.19. The van der Waals surface area contributed by atoms with Crippen molar-refractivity contribution in [1.82, 2.24) is 0 Å². The van der Waals surface area contributed by atoms with E-state index in [0.29, 0.717) is 25.6 Å². The topological polar surface area (TPSA) is 26.3 Å². The molecule has 0 aromatic carbocycles. The fourth-order valence-corrected chi connectivity index (χ4v) is 0.845. The van der Waals surface area contributed by atoms with Crippen molar-refractivity contribution in [2.75, 3.05) is 13.2 Å². The maximum absolute atomic E-state index is 11.0. The lowest BCUT2D eigenvalue weighted by atomic mass is 10.1. The number of carbonyl (C=O) groups excluding carboxylic acids is 1.